The number of rotatable bonds is 7. The molecule has 1 aliphatic rings. The predicted octanol–water partition coefficient (Wildman–Crippen LogP) is 3.25. The Balaban J connectivity index is 1.52. The van der Waals surface area contributed by atoms with E-state index >= 15 is 0 Å². The first kappa shape index (κ1) is 21.9. The van der Waals surface area contributed by atoms with Gasteiger partial charge in [0.15, 0.2) is 9.84 Å². The number of carbonyl (C=O) groups excluding carboxylic acids is 2. The van der Waals surface area contributed by atoms with Crippen LogP contribution in [0.4, 0.5) is 0 Å². The molecular formula is C20H21BrN2O4S2. The molecule has 0 bridgehead atoms. The van der Waals surface area contributed by atoms with Crippen LogP contribution < -0.4 is 0 Å². The van der Waals surface area contributed by atoms with Crippen LogP contribution in [-0.4, -0.2) is 60.6 Å². The highest BCUT2D eigenvalue weighted by Crippen LogP contribution is 2.19. The number of benzene rings is 2. The Morgan fingerprint density at radius 2 is 1.62 bits per heavy atom. The Bertz CT molecular complexity index is 966. The van der Waals surface area contributed by atoms with Gasteiger partial charge in [-0.05, 0) is 42.8 Å². The lowest BCUT2D eigenvalue weighted by atomic mass is 10.2. The van der Waals surface area contributed by atoms with Gasteiger partial charge in [0.05, 0.1) is 16.4 Å². The summed E-state index contributed by atoms with van der Waals surface area (Å²) in [5.41, 5.74) is 0.523. The number of halogens is 1. The average molecular weight is 497 g/mol. The number of thioether (sulfide) groups is 1. The van der Waals surface area contributed by atoms with Crippen molar-refractivity contribution >= 4 is 49.3 Å². The molecule has 1 saturated heterocycles. The van der Waals surface area contributed by atoms with Gasteiger partial charge in [0.1, 0.15) is 0 Å². The van der Waals surface area contributed by atoms with E-state index in [1.165, 1.54) is 21.8 Å². The number of hydrogen-bond acceptors (Lipinski definition) is 5. The van der Waals surface area contributed by atoms with Crippen molar-refractivity contribution in [1.29, 1.82) is 0 Å². The van der Waals surface area contributed by atoms with Crippen LogP contribution in [0.2, 0.25) is 0 Å². The normalized spacial score (nSPS) is 14.2. The second kappa shape index (κ2) is 9.77. The van der Waals surface area contributed by atoms with Gasteiger partial charge in [-0.2, -0.15) is 11.8 Å². The van der Waals surface area contributed by atoms with Gasteiger partial charge in [0.25, 0.3) is 11.8 Å². The number of hydrazine groups is 1. The van der Waals surface area contributed by atoms with Gasteiger partial charge >= 0.3 is 0 Å². The minimum atomic E-state index is -3.36. The Labute approximate surface area is 183 Å². The maximum atomic E-state index is 12.7. The summed E-state index contributed by atoms with van der Waals surface area (Å²) in [5, 5.41) is 2.95. The molecule has 0 aromatic heterocycles. The Hall–Kier alpha value is -1.84. The van der Waals surface area contributed by atoms with Gasteiger partial charge in [0, 0.05) is 28.9 Å². The molecule has 6 nitrogen and oxygen atoms in total. The van der Waals surface area contributed by atoms with E-state index in [1.807, 2.05) is 0 Å². The lowest BCUT2D eigenvalue weighted by molar-refractivity contribution is -0.137. The van der Waals surface area contributed by atoms with Crippen molar-refractivity contribution in [1.82, 2.24) is 10.0 Å². The minimum Gasteiger partial charge on any atom is -0.272 e. The molecule has 0 spiro atoms. The molecule has 2 aromatic carbocycles. The molecule has 1 aliphatic heterocycles. The summed E-state index contributed by atoms with van der Waals surface area (Å²) in [5.74, 6) is 0.0256. The summed E-state index contributed by atoms with van der Waals surface area (Å²) in [6.07, 6.45) is 0.723. The summed E-state index contributed by atoms with van der Waals surface area (Å²) in [6.45, 7) is 0.984. The van der Waals surface area contributed by atoms with Crippen molar-refractivity contribution in [3.8, 4) is 0 Å². The number of amides is 2. The first-order chi connectivity index (χ1) is 13.9. The summed E-state index contributed by atoms with van der Waals surface area (Å²) < 4.78 is 25.5. The molecule has 29 heavy (non-hydrogen) atoms. The Morgan fingerprint density at radius 3 is 2.31 bits per heavy atom. The molecule has 0 saturated carbocycles. The molecule has 0 aliphatic carbocycles. The van der Waals surface area contributed by atoms with Crippen molar-refractivity contribution in [3.63, 3.8) is 0 Å². The second-order valence-electron chi connectivity index (χ2n) is 6.49. The van der Waals surface area contributed by atoms with Crippen molar-refractivity contribution < 1.29 is 18.0 Å². The summed E-state index contributed by atoms with van der Waals surface area (Å²) in [4.78, 5) is 25.6. The van der Waals surface area contributed by atoms with Gasteiger partial charge in [0.2, 0.25) is 0 Å². The van der Waals surface area contributed by atoms with E-state index in [1.54, 1.807) is 54.6 Å². The third-order valence-corrected chi connectivity index (χ3v) is 7.93. The van der Waals surface area contributed by atoms with Gasteiger partial charge in [-0.15, -0.1) is 0 Å². The standard InChI is InChI=1S/C20H21BrN2O4S2/c21-17-9-7-16(8-10-17)20(25)23-12-4-11-22(23)19(24)15-28-13-14-29(26,27)18-5-2-1-3-6-18/h1-3,5-10H,4,11-15H2. The van der Waals surface area contributed by atoms with E-state index in [0.29, 0.717) is 24.4 Å². The zero-order valence-corrected chi connectivity index (χ0v) is 18.9. The lowest BCUT2D eigenvalue weighted by Gasteiger charge is -2.28. The molecule has 3 rings (SSSR count). The maximum Gasteiger partial charge on any atom is 0.272 e. The van der Waals surface area contributed by atoms with Crippen molar-refractivity contribution in [2.24, 2.45) is 0 Å². The lowest BCUT2D eigenvalue weighted by Crippen LogP contribution is -2.45. The van der Waals surface area contributed by atoms with E-state index in [-0.39, 0.29) is 28.2 Å². The topological polar surface area (TPSA) is 74.8 Å². The second-order valence-corrected chi connectivity index (χ2v) is 10.6. The molecule has 2 aromatic rings. The quantitative estimate of drug-likeness (QED) is 0.550. The van der Waals surface area contributed by atoms with Crippen LogP contribution in [0.3, 0.4) is 0 Å². The summed E-state index contributed by atoms with van der Waals surface area (Å²) >= 11 is 4.61. The van der Waals surface area contributed by atoms with Crippen molar-refractivity contribution in [3.05, 3.63) is 64.6 Å². The third kappa shape index (κ3) is 5.61. The SMILES string of the molecule is O=C(CSCCS(=O)(=O)c1ccccc1)N1CCCN1C(=O)c1ccc(Br)cc1. The first-order valence-electron chi connectivity index (χ1n) is 9.12. The molecule has 0 atom stereocenters. The first-order valence-corrected chi connectivity index (χ1v) is 12.7. The molecule has 9 heteroatoms. The fraction of sp³-hybridized carbons (Fsp3) is 0.300. The van der Waals surface area contributed by atoms with Crippen LogP contribution in [0.5, 0.6) is 0 Å². The smallest absolute Gasteiger partial charge is 0.272 e. The monoisotopic (exact) mass is 496 g/mol. The maximum absolute atomic E-state index is 12.7. The van der Waals surface area contributed by atoms with Crippen LogP contribution in [0.15, 0.2) is 64.0 Å². The van der Waals surface area contributed by atoms with E-state index in [9.17, 15) is 18.0 Å². The van der Waals surface area contributed by atoms with Crippen molar-refractivity contribution in [2.45, 2.75) is 11.3 Å². The average Bonchev–Trinajstić information content (AvgIpc) is 3.22. The largest absolute Gasteiger partial charge is 0.272 e. The molecule has 1 fully saturated rings. The van der Waals surface area contributed by atoms with Crippen LogP contribution in [0.25, 0.3) is 0 Å². The fourth-order valence-electron chi connectivity index (χ4n) is 2.97. The summed E-state index contributed by atoms with van der Waals surface area (Å²) in [7, 11) is -3.36. The van der Waals surface area contributed by atoms with E-state index < -0.39 is 9.84 Å². The van der Waals surface area contributed by atoms with Gasteiger partial charge in [-0.25, -0.2) is 13.4 Å². The van der Waals surface area contributed by atoms with Gasteiger partial charge in [-0.1, -0.05) is 34.1 Å². The van der Waals surface area contributed by atoms with Crippen LogP contribution in [-0.2, 0) is 14.6 Å². The number of sulfone groups is 1. The Kier molecular flexibility index (Phi) is 7.37. The molecule has 0 radical (unpaired) electrons. The van der Waals surface area contributed by atoms with E-state index in [4.69, 9.17) is 0 Å². The minimum absolute atomic E-state index is 0.0313. The molecule has 154 valence electrons. The molecule has 2 amide bonds. The van der Waals surface area contributed by atoms with Gasteiger partial charge < -0.3 is 0 Å². The molecular weight excluding hydrogens is 476 g/mol. The van der Waals surface area contributed by atoms with Gasteiger partial charge in [-0.3, -0.25) is 14.6 Å². The molecule has 0 N–H and O–H groups in total. The third-order valence-electron chi connectivity index (χ3n) is 4.47. The highest BCUT2D eigenvalue weighted by molar-refractivity contribution is 9.10. The zero-order chi connectivity index (χ0) is 20.9. The highest BCUT2D eigenvalue weighted by Gasteiger charge is 2.31. The van der Waals surface area contributed by atoms with Crippen molar-refractivity contribution in [2.75, 3.05) is 30.3 Å². The predicted molar refractivity (Wildman–Crippen MR) is 117 cm³/mol. The number of hydrogen-bond donors (Lipinski definition) is 0. The van der Waals surface area contributed by atoms with Crippen LogP contribution >= 0.6 is 27.7 Å². The highest BCUT2D eigenvalue weighted by atomic mass is 79.9. The molecule has 0 unspecified atom stereocenters. The van der Waals surface area contributed by atoms with Crippen LogP contribution in [0.1, 0.15) is 16.8 Å². The fourth-order valence-corrected chi connectivity index (χ4v) is 5.86. The zero-order valence-electron chi connectivity index (χ0n) is 15.7. The number of carbonyl (C=O) groups is 2. The number of nitrogens with zero attached hydrogens (tertiary/aromatic N) is 2. The van der Waals surface area contributed by atoms with E-state index in [2.05, 4.69) is 15.9 Å². The Morgan fingerprint density at radius 1 is 0.966 bits per heavy atom. The van der Waals surface area contributed by atoms with Crippen LogP contribution in [0, 0.1) is 0 Å². The summed E-state index contributed by atoms with van der Waals surface area (Å²) in [6, 6.07) is 15.3. The van der Waals surface area contributed by atoms with E-state index in [0.717, 1.165) is 10.9 Å². The molecule has 1 heterocycles.